The van der Waals surface area contributed by atoms with Crippen molar-refractivity contribution < 1.29 is 0 Å². The maximum absolute atomic E-state index is 7.21. The van der Waals surface area contributed by atoms with Crippen LogP contribution in [0.2, 0.25) is 0 Å². The number of nitrogens with zero attached hydrogens (tertiary/aromatic N) is 2. The summed E-state index contributed by atoms with van der Waals surface area (Å²) >= 11 is 1.84. The average molecular weight is 439 g/mol. The molecule has 2 aromatic heterocycles. The summed E-state index contributed by atoms with van der Waals surface area (Å²) in [6.45, 7) is 7.21. The van der Waals surface area contributed by atoms with E-state index in [1.165, 1.54) is 42.4 Å². The Morgan fingerprint density at radius 2 is 1.15 bits per heavy atom. The first-order valence-electron chi connectivity index (χ1n) is 10.7. The van der Waals surface area contributed by atoms with E-state index in [0.717, 1.165) is 11.1 Å². The average Bonchev–Trinajstić information content (AvgIpc) is 3.28. The van der Waals surface area contributed by atoms with Crippen molar-refractivity contribution in [1.82, 2.24) is 4.98 Å². The van der Waals surface area contributed by atoms with Crippen molar-refractivity contribution in [3.63, 3.8) is 0 Å². The minimum atomic E-state index is 0.666. The molecule has 3 heteroatoms. The van der Waals surface area contributed by atoms with Crippen LogP contribution in [0.15, 0.2) is 109 Å². The molecule has 154 valence electrons. The molecule has 2 heterocycles. The predicted octanol–water partition coefficient (Wildman–Crippen LogP) is 9.00. The Balaban J connectivity index is 1.49. The standard InChI is InChI=1S/C30H18N2S/c1-31-24-16-14-22(15-17-24)26-7-3-9-28-27-8-2-6-25(29(27)33-30(26)28)21-12-10-20(11-13-21)23-5-4-18-32-19-23/h2-19H. The molecule has 0 radical (unpaired) electrons. The molecule has 0 bridgehead atoms. The summed E-state index contributed by atoms with van der Waals surface area (Å²) in [5.41, 5.74) is 7.77. The Morgan fingerprint density at radius 1 is 0.576 bits per heavy atom. The third-order valence-corrected chi connectivity index (χ3v) is 7.31. The molecular weight excluding hydrogens is 420 g/mol. The Morgan fingerprint density at radius 3 is 1.70 bits per heavy atom. The van der Waals surface area contributed by atoms with Crippen molar-refractivity contribution in [2.45, 2.75) is 0 Å². The second-order valence-electron chi connectivity index (χ2n) is 7.94. The lowest BCUT2D eigenvalue weighted by molar-refractivity contribution is 1.33. The lowest BCUT2D eigenvalue weighted by Crippen LogP contribution is -1.81. The molecule has 0 aliphatic carbocycles. The smallest absolute Gasteiger partial charge is 0.187 e. The normalized spacial score (nSPS) is 11.0. The fraction of sp³-hybridized carbons (Fsp3) is 0. The van der Waals surface area contributed by atoms with Crippen LogP contribution >= 0.6 is 11.3 Å². The number of fused-ring (bicyclic) bond motifs is 3. The van der Waals surface area contributed by atoms with Crippen LogP contribution in [0.25, 0.3) is 58.4 Å². The maximum atomic E-state index is 7.21. The van der Waals surface area contributed by atoms with Gasteiger partial charge in [-0.15, -0.1) is 11.3 Å². The zero-order valence-corrected chi connectivity index (χ0v) is 18.5. The minimum Gasteiger partial charge on any atom is -0.264 e. The van der Waals surface area contributed by atoms with E-state index in [4.69, 9.17) is 6.57 Å². The summed E-state index contributed by atoms with van der Waals surface area (Å²) < 4.78 is 2.58. The van der Waals surface area contributed by atoms with Gasteiger partial charge >= 0.3 is 0 Å². The summed E-state index contributed by atoms with van der Waals surface area (Å²) in [4.78, 5) is 7.76. The van der Waals surface area contributed by atoms with E-state index in [1.54, 1.807) is 6.20 Å². The van der Waals surface area contributed by atoms with Crippen LogP contribution in [0.4, 0.5) is 5.69 Å². The summed E-state index contributed by atoms with van der Waals surface area (Å²) in [5.74, 6) is 0. The van der Waals surface area contributed by atoms with E-state index in [9.17, 15) is 0 Å². The molecule has 2 nitrogen and oxygen atoms in total. The Kier molecular flexibility index (Phi) is 4.72. The number of thiophene rings is 1. The molecule has 0 saturated heterocycles. The van der Waals surface area contributed by atoms with Gasteiger partial charge in [0.25, 0.3) is 0 Å². The predicted molar refractivity (Wildman–Crippen MR) is 140 cm³/mol. The topological polar surface area (TPSA) is 17.2 Å². The van der Waals surface area contributed by atoms with Gasteiger partial charge in [-0.1, -0.05) is 91.0 Å². The maximum Gasteiger partial charge on any atom is 0.187 e. The molecule has 0 saturated carbocycles. The van der Waals surface area contributed by atoms with Gasteiger partial charge in [0.15, 0.2) is 5.69 Å². The molecule has 6 rings (SSSR count). The Labute approximate surface area is 196 Å². The largest absolute Gasteiger partial charge is 0.264 e. The fourth-order valence-electron chi connectivity index (χ4n) is 4.37. The van der Waals surface area contributed by atoms with Gasteiger partial charge in [0.05, 0.1) is 6.57 Å². The molecule has 4 aromatic carbocycles. The van der Waals surface area contributed by atoms with Gasteiger partial charge in [-0.25, -0.2) is 4.85 Å². The molecule has 6 aromatic rings. The molecule has 0 fully saturated rings. The lowest BCUT2D eigenvalue weighted by Gasteiger charge is -2.06. The molecule has 0 amide bonds. The van der Waals surface area contributed by atoms with Crippen molar-refractivity contribution >= 4 is 37.2 Å². The number of pyridine rings is 1. The third-order valence-electron chi connectivity index (χ3n) is 6.02. The lowest BCUT2D eigenvalue weighted by atomic mass is 9.98. The van der Waals surface area contributed by atoms with Crippen LogP contribution in [0.3, 0.4) is 0 Å². The molecule has 0 aliphatic rings. The first kappa shape index (κ1) is 19.4. The second-order valence-corrected chi connectivity index (χ2v) is 8.96. The third kappa shape index (κ3) is 3.38. The Hall–Kier alpha value is -4.26. The van der Waals surface area contributed by atoms with Crippen LogP contribution in [0.5, 0.6) is 0 Å². The number of aromatic nitrogens is 1. The molecular formula is C30H18N2S. The fourth-order valence-corrected chi connectivity index (χ4v) is 5.74. The van der Waals surface area contributed by atoms with Crippen LogP contribution in [-0.2, 0) is 0 Å². The van der Waals surface area contributed by atoms with E-state index in [1.807, 2.05) is 47.9 Å². The highest BCUT2D eigenvalue weighted by atomic mass is 32.1. The summed E-state index contributed by atoms with van der Waals surface area (Å²) in [6, 6.07) is 33.8. The molecule has 0 unspecified atom stereocenters. The highest BCUT2D eigenvalue weighted by Gasteiger charge is 2.14. The summed E-state index contributed by atoms with van der Waals surface area (Å²) in [6.07, 6.45) is 3.70. The van der Waals surface area contributed by atoms with Gasteiger partial charge in [-0.05, 0) is 39.4 Å². The van der Waals surface area contributed by atoms with Gasteiger partial charge in [-0.2, -0.15) is 0 Å². The monoisotopic (exact) mass is 438 g/mol. The van der Waals surface area contributed by atoms with Crippen molar-refractivity contribution in [1.29, 1.82) is 0 Å². The van der Waals surface area contributed by atoms with Crippen LogP contribution < -0.4 is 0 Å². The number of hydrogen-bond donors (Lipinski definition) is 0. The molecule has 0 N–H and O–H groups in total. The van der Waals surface area contributed by atoms with E-state index in [0.29, 0.717) is 5.69 Å². The van der Waals surface area contributed by atoms with Crippen molar-refractivity contribution in [3.8, 4) is 33.4 Å². The quantitative estimate of drug-likeness (QED) is 0.252. The van der Waals surface area contributed by atoms with Crippen LogP contribution in [0, 0.1) is 6.57 Å². The number of benzene rings is 4. The SMILES string of the molecule is [C-]#[N+]c1ccc(-c2cccc3c2sc2c(-c4ccc(-c5cccnc5)cc4)cccc23)cc1. The number of hydrogen-bond acceptors (Lipinski definition) is 2. The van der Waals surface area contributed by atoms with Gasteiger partial charge < -0.3 is 0 Å². The zero-order chi connectivity index (χ0) is 22.2. The second kappa shape index (κ2) is 8.02. The van der Waals surface area contributed by atoms with Gasteiger partial charge in [0, 0.05) is 32.6 Å². The van der Waals surface area contributed by atoms with Crippen molar-refractivity contribution in [2.24, 2.45) is 0 Å². The minimum absolute atomic E-state index is 0.666. The van der Waals surface area contributed by atoms with Crippen molar-refractivity contribution in [3.05, 3.63) is 121 Å². The van der Waals surface area contributed by atoms with E-state index < -0.39 is 0 Å². The van der Waals surface area contributed by atoms with Gasteiger partial charge in [0.2, 0.25) is 0 Å². The molecule has 33 heavy (non-hydrogen) atoms. The van der Waals surface area contributed by atoms with Crippen molar-refractivity contribution in [2.75, 3.05) is 0 Å². The van der Waals surface area contributed by atoms with E-state index >= 15 is 0 Å². The number of rotatable bonds is 3. The van der Waals surface area contributed by atoms with Crippen LogP contribution in [0.1, 0.15) is 0 Å². The highest BCUT2D eigenvalue weighted by Crippen LogP contribution is 2.44. The summed E-state index contributed by atoms with van der Waals surface area (Å²) in [5, 5.41) is 2.55. The van der Waals surface area contributed by atoms with E-state index in [-0.39, 0.29) is 0 Å². The first-order valence-corrected chi connectivity index (χ1v) is 11.6. The van der Waals surface area contributed by atoms with Gasteiger partial charge in [0.1, 0.15) is 0 Å². The molecule has 0 atom stereocenters. The highest BCUT2D eigenvalue weighted by molar-refractivity contribution is 7.26. The molecule has 0 spiro atoms. The summed E-state index contributed by atoms with van der Waals surface area (Å²) in [7, 11) is 0. The zero-order valence-electron chi connectivity index (χ0n) is 17.7. The van der Waals surface area contributed by atoms with E-state index in [2.05, 4.69) is 76.6 Å². The van der Waals surface area contributed by atoms with Gasteiger partial charge in [-0.3, -0.25) is 4.98 Å². The van der Waals surface area contributed by atoms with Crippen LogP contribution in [-0.4, -0.2) is 4.98 Å². The molecule has 0 aliphatic heterocycles. The first-order chi connectivity index (χ1) is 16.3. The Bertz CT molecular complexity index is 1640.